The molecule has 4 aliphatic rings. The van der Waals surface area contributed by atoms with Gasteiger partial charge in [0, 0.05) is 126 Å². The van der Waals surface area contributed by atoms with Gasteiger partial charge in [0.15, 0.2) is 4.96 Å². The summed E-state index contributed by atoms with van der Waals surface area (Å²) in [4.78, 5) is 62.7. The Morgan fingerprint density at radius 2 is 0.978 bits per heavy atom. The van der Waals surface area contributed by atoms with Crippen molar-refractivity contribution in [3.05, 3.63) is 376 Å². The van der Waals surface area contributed by atoms with Gasteiger partial charge in [0.25, 0.3) is 5.91 Å². The van der Waals surface area contributed by atoms with Gasteiger partial charge in [0.1, 0.15) is 5.65 Å². The Balaban J connectivity index is 0.00000145. The molecule has 0 radical (unpaired) electrons. The molecule has 21 rings (SSSR count). The third kappa shape index (κ3) is 42.5. The highest BCUT2D eigenvalue weighted by Crippen LogP contribution is 2.25. The fourth-order valence-electron chi connectivity index (χ4n) is 12.7. The number of benzene rings is 7. The molecule has 13 heterocycles. The van der Waals surface area contributed by atoms with Gasteiger partial charge in [-0.05, 0) is 219 Å². The van der Waals surface area contributed by atoms with E-state index in [1.165, 1.54) is 91.9 Å². The number of allylic oxidation sites excluding steroid dienone is 2. The molecule has 7 aromatic carbocycles. The number of hydrogen-bond donors (Lipinski definition) is 2. The number of hydrazine groups is 1. The summed E-state index contributed by atoms with van der Waals surface area (Å²) < 4.78 is 12.4. The van der Waals surface area contributed by atoms with Crippen LogP contribution in [0.2, 0.25) is 0 Å². The summed E-state index contributed by atoms with van der Waals surface area (Å²) in [7, 11) is 3.75. The van der Waals surface area contributed by atoms with Crippen molar-refractivity contribution in [3.8, 4) is 0 Å². The zero-order chi connectivity index (χ0) is 102. The number of anilines is 1. The highest BCUT2D eigenvalue weighted by molar-refractivity contribution is 7.15. The molecule has 3 aliphatic heterocycles. The van der Waals surface area contributed by atoms with Crippen molar-refractivity contribution in [2.45, 2.75) is 253 Å². The van der Waals surface area contributed by atoms with Crippen LogP contribution in [0, 0.1) is 55.4 Å². The maximum Gasteiger partial charge on any atom is 0.326 e. The minimum absolute atomic E-state index is 0.0573. The van der Waals surface area contributed by atoms with Crippen molar-refractivity contribution in [1.82, 2.24) is 62.8 Å². The van der Waals surface area contributed by atoms with Gasteiger partial charge < -0.3 is 23.7 Å². The van der Waals surface area contributed by atoms with E-state index >= 15 is 0 Å². The molecule has 2 N–H and O–H groups in total. The first kappa shape index (κ1) is 123. The van der Waals surface area contributed by atoms with Gasteiger partial charge in [0.05, 0.1) is 58.5 Å². The van der Waals surface area contributed by atoms with E-state index in [4.69, 9.17) is 4.42 Å². The number of nitrogens with one attached hydrogen (secondary N) is 2. The van der Waals surface area contributed by atoms with Crippen molar-refractivity contribution < 1.29 is 14.0 Å². The van der Waals surface area contributed by atoms with Crippen molar-refractivity contribution in [2.24, 2.45) is 14.1 Å². The summed E-state index contributed by atoms with van der Waals surface area (Å²) in [5, 5.41) is 13.3. The van der Waals surface area contributed by atoms with Gasteiger partial charge in [-0.15, -0.1) is 11.3 Å². The lowest BCUT2D eigenvalue weighted by Gasteiger charge is -2.35. The first-order valence-electron chi connectivity index (χ1n) is 49.1. The standard InChI is InChI=1S/C11H14.C10H11NO.3C10H9N.C9H10N2O.C8H8N2O.2C8H8N2.C6H6N2S.C5H6O.11C2H6/c1-9-6-7-10-4-2-3-5-11(10)8-9;1-7-2-4-9-8(6-7)3-5-10(12)11-9;1-8-4-5-10-9(7-8)3-2-6-11-10;1-8-6-9-4-2-3-5-10(9)7-11-8;1-8-6-7-9-4-2-3-5-10(9)11-8;1-8-4-7-10-5-2-3-6-11(10)9(8)12;1-10-7-5-3-2-4-6(7)9-8(10)11;1-10-6-9-7-4-2-3-5-8(7)10;1-7-6-9-8-4-2-3-5-10(7)8;1-5-4-7-6-8(5)2-3-9-6;1-5-2-3-6-4-5;11*1-2/h6-8H,2-5H2,1H3;2,4,6H,3,5H2,1H3,(H,11,12);3*2-7H,1H3;2-6H,7H2,1H3;2-5H,1H3,(H,9,11);2*2-6H,1H3;2-4H,1H3;2-4H,1H3;11*1-2H3. The Morgan fingerprint density at radius 1 is 0.412 bits per heavy atom. The molecule has 17 aromatic rings. The number of amides is 2. The maximum absolute atomic E-state index is 11.5. The monoisotopic (exact) mass is 1860 g/mol. The van der Waals surface area contributed by atoms with Crippen LogP contribution in [0.25, 0.3) is 65.3 Å². The smallest absolute Gasteiger partial charge is 0.326 e. The molecule has 732 valence electrons. The lowest BCUT2D eigenvalue weighted by Crippen LogP contribution is -2.44. The second-order valence-electron chi connectivity index (χ2n) is 28.0. The number of carbonyl (C=O) groups is 2. The first-order chi connectivity index (χ1) is 66.3. The van der Waals surface area contributed by atoms with E-state index in [0.29, 0.717) is 6.42 Å². The van der Waals surface area contributed by atoms with Crippen LogP contribution in [0.15, 0.2) is 313 Å². The summed E-state index contributed by atoms with van der Waals surface area (Å²) in [6, 6.07) is 69.5. The van der Waals surface area contributed by atoms with Gasteiger partial charge in [-0.25, -0.2) is 24.8 Å². The van der Waals surface area contributed by atoms with Crippen LogP contribution in [0.3, 0.4) is 0 Å². The molecule has 19 heteroatoms. The average molecular weight is 1860 g/mol. The summed E-state index contributed by atoms with van der Waals surface area (Å²) in [5.41, 5.74) is 23.0. The molecule has 18 nitrogen and oxygen atoms in total. The third-order valence-corrected chi connectivity index (χ3v) is 19.7. The van der Waals surface area contributed by atoms with Crippen molar-refractivity contribution in [1.29, 1.82) is 0 Å². The SMILES string of the molecule is CC.CC.CC.CC.CC.CC.CC.CC.CC.CC.CC.CC1=CCN2C=CC=CN2C1=O.Cc1cc2ccccc2cn1.Cc1ccc2c(c1)CCC(=O)N2.Cc1ccc2c(c1)CCCC2.Cc1ccc2ccccc2n1.Cc1ccc2ncccc2c1.Cc1ccoc1.Cc1cnc2ccccn12.Cc1cnc2sccn12.Cn1c(=O)[nH]c2ccccc21.Cn1cnc2ccccc21. The van der Waals surface area contributed by atoms with Gasteiger partial charge >= 0.3 is 5.69 Å². The van der Waals surface area contributed by atoms with Crippen molar-refractivity contribution in [2.75, 3.05) is 11.9 Å². The quantitative estimate of drug-likeness (QED) is 0.147. The van der Waals surface area contributed by atoms with E-state index in [1.54, 1.807) is 57.8 Å². The van der Waals surface area contributed by atoms with Crippen LogP contribution < -0.4 is 11.0 Å². The van der Waals surface area contributed by atoms with E-state index in [9.17, 15) is 14.4 Å². The largest absolute Gasteiger partial charge is 0.472 e. The number of thiazole rings is 1. The number of aryl methyl sites for hydroxylation is 13. The molecule has 0 saturated carbocycles. The van der Waals surface area contributed by atoms with Gasteiger partial charge in [-0.2, -0.15) is 0 Å². The number of fused-ring (bicyclic) bond motifs is 10. The average Bonchev–Trinajstić information content (AvgIpc) is 1.42. The van der Waals surface area contributed by atoms with E-state index in [-0.39, 0.29) is 17.5 Å². The molecule has 136 heavy (non-hydrogen) atoms. The fraction of sp³-hybridized carbons (Fsp3) is 0.342. The predicted octanol–water partition coefficient (Wildman–Crippen LogP) is 32.1. The van der Waals surface area contributed by atoms with Gasteiger partial charge in [0.2, 0.25) is 5.91 Å². The molecule has 0 spiro atoms. The van der Waals surface area contributed by atoms with Crippen LogP contribution in [0.5, 0.6) is 0 Å². The van der Waals surface area contributed by atoms with Crippen LogP contribution in [-0.2, 0) is 42.9 Å². The van der Waals surface area contributed by atoms with Crippen molar-refractivity contribution >= 4 is 94.1 Å². The topological polar surface area (TPSA) is 195 Å². The Bertz CT molecular complexity index is 5920. The second kappa shape index (κ2) is 74.0. The van der Waals surface area contributed by atoms with Gasteiger partial charge in [-0.1, -0.05) is 296 Å². The normalized spacial score (nSPS) is 11.0. The lowest BCUT2D eigenvalue weighted by atomic mass is 9.91. The molecule has 0 bridgehead atoms. The number of imidazole rings is 4. The number of furan rings is 1. The van der Waals surface area contributed by atoms with Crippen LogP contribution in [0.1, 0.15) is 240 Å². The number of hydrogen-bond acceptors (Lipinski definition) is 12. The number of pyridine rings is 4. The third-order valence-electron chi connectivity index (χ3n) is 19.0. The van der Waals surface area contributed by atoms with Crippen LogP contribution in [-0.4, -0.2) is 81.2 Å². The summed E-state index contributed by atoms with van der Waals surface area (Å²) >= 11 is 1.66. The number of aromatic nitrogens is 11. The lowest BCUT2D eigenvalue weighted by molar-refractivity contribution is -0.135. The van der Waals surface area contributed by atoms with Crippen molar-refractivity contribution in [3.63, 3.8) is 0 Å². The minimum Gasteiger partial charge on any atom is -0.472 e. The van der Waals surface area contributed by atoms with Gasteiger partial charge in [-0.3, -0.25) is 38.5 Å². The molecule has 0 fully saturated rings. The Labute approximate surface area is 820 Å². The summed E-state index contributed by atoms with van der Waals surface area (Å²) in [6.45, 7) is 63.0. The molecular formula is C117H164N14O4S. The maximum atomic E-state index is 11.5. The fourth-order valence-corrected chi connectivity index (χ4v) is 13.4. The number of H-pyrrole nitrogens is 1. The van der Waals surface area contributed by atoms with E-state index in [0.717, 1.165) is 73.8 Å². The number of para-hydroxylation sites is 5. The van der Waals surface area contributed by atoms with Crippen LogP contribution in [0.4, 0.5) is 5.69 Å². The van der Waals surface area contributed by atoms with Crippen LogP contribution >= 0.6 is 11.3 Å². The minimum atomic E-state index is -0.0637. The zero-order valence-corrected chi connectivity index (χ0v) is 89.5. The molecule has 1 aliphatic carbocycles. The molecule has 2 amide bonds. The Kier molecular flexibility index (Phi) is 66.7. The molecule has 10 aromatic heterocycles. The molecular weight excluding hydrogens is 1700 g/mol. The highest BCUT2D eigenvalue weighted by atomic mass is 32.1. The Morgan fingerprint density at radius 3 is 1.61 bits per heavy atom. The number of aromatic amines is 1. The zero-order valence-electron chi connectivity index (χ0n) is 88.6. The first-order valence-corrected chi connectivity index (χ1v) is 50.0. The number of carbonyl (C=O) groups excluding carboxylic acids is 2. The van der Waals surface area contributed by atoms with E-state index in [2.05, 4.69) is 149 Å². The molecule has 0 unspecified atom stereocenters. The predicted molar refractivity (Wildman–Crippen MR) is 591 cm³/mol. The molecule has 0 atom stereocenters. The summed E-state index contributed by atoms with van der Waals surface area (Å²) in [5.74, 6) is 0.188. The number of rotatable bonds is 0. The summed E-state index contributed by atoms with van der Waals surface area (Å²) in [6.07, 6.45) is 33.0. The second-order valence-corrected chi connectivity index (χ2v) is 28.9. The molecule has 0 saturated heterocycles. The van der Waals surface area contributed by atoms with E-state index < -0.39 is 0 Å². The highest BCUT2D eigenvalue weighted by Gasteiger charge is 2.23. The Hall–Kier alpha value is -13.4. The number of nitrogens with zero attached hydrogens (tertiary/aromatic N) is 12. The van der Waals surface area contributed by atoms with E-state index in [1.807, 2.05) is 411 Å².